The van der Waals surface area contributed by atoms with Crippen molar-refractivity contribution in [2.75, 3.05) is 11.9 Å². The first-order valence-electron chi connectivity index (χ1n) is 6.94. The number of anilines is 1. The average Bonchev–Trinajstić information content (AvgIpc) is 2.93. The average molecular weight is 303 g/mol. The molecule has 0 aliphatic rings. The maximum absolute atomic E-state index is 11.7. The van der Waals surface area contributed by atoms with Crippen LogP contribution in [0.15, 0.2) is 28.8 Å². The highest BCUT2D eigenvalue weighted by molar-refractivity contribution is 5.92. The molecule has 22 heavy (non-hydrogen) atoms. The van der Waals surface area contributed by atoms with Gasteiger partial charge in [-0.05, 0) is 38.1 Å². The van der Waals surface area contributed by atoms with Crippen molar-refractivity contribution in [3.63, 3.8) is 0 Å². The van der Waals surface area contributed by atoms with Crippen molar-refractivity contribution in [1.82, 2.24) is 10.1 Å². The second kappa shape index (κ2) is 7.35. The summed E-state index contributed by atoms with van der Waals surface area (Å²) in [6.45, 7) is 3.78. The van der Waals surface area contributed by atoms with Crippen molar-refractivity contribution >= 4 is 17.6 Å². The van der Waals surface area contributed by atoms with E-state index in [1.165, 1.54) is 0 Å². The number of esters is 1. The van der Waals surface area contributed by atoms with Crippen LogP contribution in [0.5, 0.6) is 0 Å². The third-order valence-electron chi connectivity index (χ3n) is 2.80. The highest BCUT2D eigenvalue weighted by Crippen LogP contribution is 2.19. The van der Waals surface area contributed by atoms with E-state index >= 15 is 0 Å². The molecule has 1 amide bonds. The third-order valence-corrected chi connectivity index (χ3v) is 2.80. The number of carbonyl (C=O) groups excluding carboxylic acids is 2. The van der Waals surface area contributed by atoms with E-state index in [1.54, 1.807) is 38.1 Å². The smallest absolute Gasteiger partial charge is 0.306 e. The van der Waals surface area contributed by atoms with Crippen LogP contribution in [0.2, 0.25) is 0 Å². The van der Waals surface area contributed by atoms with Crippen molar-refractivity contribution in [2.24, 2.45) is 0 Å². The lowest BCUT2D eigenvalue weighted by Gasteiger charge is -2.05. The molecule has 1 aromatic heterocycles. The highest BCUT2D eigenvalue weighted by Gasteiger charge is 2.09. The molecule has 0 spiro atoms. The Kier molecular flexibility index (Phi) is 5.24. The van der Waals surface area contributed by atoms with Gasteiger partial charge in [-0.25, -0.2) is 0 Å². The zero-order valence-electron chi connectivity index (χ0n) is 12.5. The minimum atomic E-state index is -0.375. The van der Waals surface area contributed by atoms with Gasteiger partial charge >= 0.3 is 5.97 Å². The number of aryl methyl sites for hydroxylation is 1. The predicted molar refractivity (Wildman–Crippen MR) is 79.0 cm³/mol. The Hall–Kier alpha value is -2.70. The van der Waals surface area contributed by atoms with Gasteiger partial charge in [-0.2, -0.15) is 4.98 Å². The molecule has 0 aliphatic carbocycles. The van der Waals surface area contributed by atoms with E-state index in [9.17, 15) is 9.59 Å². The molecule has 2 rings (SSSR count). The predicted octanol–water partition coefficient (Wildman–Crippen LogP) is 2.33. The van der Waals surface area contributed by atoms with Gasteiger partial charge in [0.05, 0.1) is 13.0 Å². The molecule has 0 unspecified atom stereocenters. The maximum Gasteiger partial charge on any atom is 0.306 e. The maximum atomic E-state index is 11.7. The van der Waals surface area contributed by atoms with Gasteiger partial charge in [0.15, 0.2) is 5.82 Å². The fourth-order valence-corrected chi connectivity index (χ4v) is 1.78. The Labute approximate surface area is 127 Å². The number of ether oxygens (including phenoxy) is 1. The first kappa shape index (κ1) is 15.7. The Balaban J connectivity index is 1.88. The molecular formula is C15H17N3O4. The highest BCUT2D eigenvalue weighted by atomic mass is 16.5. The minimum absolute atomic E-state index is 0.0685. The van der Waals surface area contributed by atoms with Crippen LogP contribution in [0.1, 0.15) is 25.6 Å². The van der Waals surface area contributed by atoms with Crippen molar-refractivity contribution in [3.8, 4) is 11.5 Å². The van der Waals surface area contributed by atoms with Gasteiger partial charge < -0.3 is 14.6 Å². The van der Waals surface area contributed by atoms with Gasteiger partial charge in [-0.3, -0.25) is 9.59 Å². The van der Waals surface area contributed by atoms with Crippen molar-refractivity contribution in [2.45, 2.75) is 26.7 Å². The largest absolute Gasteiger partial charge is 0.466 e. The first-order chi connectivity index (χ1) is 10.6. The van der Waals surface area contributed by atoms with Crippen LogP contribution in [0.4, 0.5) is 5.69 Å². The standard InChI is InChI=1S/C15H17N3O4/c1-3-21-14(20)9-8-13(19)17-12-6-4-11(5-7-12)15-16-10(2)18-22-15/h4-7H,3,8-9H2,1-2H3,(H,17,19). The molecule has 1 heterocycles. The number of hydrogen-bond acceptors (Lipinski definition) is 6. The van der Waals surface area contributed by atoms with Crippen molar-refractivity contribution < 1.29 is 18.8 Å². The number of benzene rings is 1. The van der Waals surface area contributed by atoms with E-state index in [2.05, 4.69) is 15.5 Å². The summed E-state index contributed by atoms with van der Waals surface area (Å²) in [5.74, 6) is 0.373. The van der Waals surface area contributed by atoms with E-state index in [0.717, 1.165) is 5.56 Å². The topological polar surface area (TPSA) is 94.3 Å². The summed E-state index contributed by atoms with van der Waals surface area (Å²) in [4.78, 5) is 27.0. The lowest BCUT2D eigenvalue weighted by Crippen LogP contribution is -2.14. The van der Waals surface area contributed by atoms with Gasteiger partial charge in [0.2, 0.25) is 5.91 Å². The van der Waals surface area contributed by atoms with E-state index in [-0.39, 0.29) is 24.7 Å². The summed E-state index contributed by atoms with van der Waals surface area (Å²) in [6, 6.07) is 7.01. The summed E-state index contributed by atoms with van der Waals surface area (Å²) >= 11 is 0. The number of amides is 1. The molecular weight excluding hydrogens is 286 g/mol. The Morgan fingerprint density at radius 3 is 2.55 bits per heavy atom. The van der Waals surface area contributed by atoms with E-state index in [0.29, 0.717) is 24.0 Å². The summed E-state index contributed by atoms with van der Waals surface area (Å²) in [6.07, 6.45) is 0.155. The molecule has 1 aromatic carbocycles. The first-order valence-corrected chi connectivity index (χ1v) is 6.94. The lowest BCUT2D eigenvalue weighted by molar-refractivity contribution is -0.144. The molecule has 7 heteroatoms. The fraction of sp³-hybridized carbons (Fsp3) is 0.333. The van der Waals surface area contributed by atoms with Crippen LogP contribution in [0.25, 0.3) is 11.5 Å². The summed E-state index contributed by atoms with van der Waals surface area (Å²) in [7, 11) is 0. The molecule has 2 aromatic rings. The molecule has 1 N–H and O–H groups in total. The molecule has 0 saturated carbocycles. The molecule has 0 bridgehead atoms. The lowest BCUT2D eigenvalue weighted by atomic mass is 10.2. The minimum Gasteiger partial charge on any atom is -0.466 e. The van der Waals surface area contributed by atoms with Crippen LogP contribution in [0.3, 0.4) is 0 Å². The summed E-state index contributed by atoms with van der Waals surface area (Å²) in [5, 5.41) is 6.43. The Bertz CT molecular complexity index is 649. The van der Waals surface area contributed by atoms with Crippen molar-refractivity contribution in [1.29, 1.82) is 0 Å². The number of hydrogen-bond donors (Lipinski definition) is 1. The summed E-state index contributed by atoms with van der Waals surface area (Å²) in [5.41, 5.74) is 1.40. The number of carbonyl (C=O) groups is 2. The molecule has 7 nitrogen and oxygen atoms in total. The van der Waals surface area contributed by atoms with Gasteiger partial charge in [0, 0.05) is 17.7 Å². The van der Waals surface area contributed by atoms with Crippen LogP contribution in [-0.2, 0) is 14.3 Å². The van der Waals surface area contributed by atoms with E-state index < -0.39 is 0 Å². The quantitative estimate of drug-likeness (QED) is 0.823. The van der Waals surface area contributed by atoms with Crippen LogP contribution in [0, 0.1) is 6.92 Å². The van der Waals surface area contributed by atoms with Gasteiger partial charge in [0.1, 0.15) is 0 Å². The van der Waals surface area contributed by atoms with E-state index in [4.69, 9.17) is 9.26 Å². The SMILES string of the molecule is CCOC(=O)CCC(=O)Nc1ccc(-c2nc(C)no2)cc1. The van der Waals surface area contributed by atoms with Gasteiger partial charge in [-0.15, -0.1) is 0 Å². The zero-order chi connectivity index (χ0) is 15.9. The second-order valence-electron chi connectivity index (χ2n) is 4.58. The monoisotopic (exact) mass is 303 g/mol. The van der Waals surface area contributed by atoms with Gasteiger partial charge in [0.25, 0.3) is 5.89 Å². The van der Waals surface area contributed by atoms with Crippen LogP contribution < -0.4 is 5.32 Å². The normalized spacial score (nSPS) is 10.3. The van der Waals surface area contributed by atoms with Gasteiger partial charge in [-0.1, -0.05) is 5.16 Å². The molecule has 0 fully saturated rings. The molecule has 0 aliphatic heterocycles. The number of nitrogens with zero attached hydrogens (tertiary/aromatic N) is 2. The number of rotatable bonds is 6. The summed E-state index contributed by atoms with van der Waals surface area (Å²) < 4.78 is 9.83. The second-order valence-corrected chi connectivity index (χ2v) is 4.58. The third kappa shape index (κ3) is 4.41. The van der Waals surface area contributed by atoms with Crippen LogP contribution in [-0.4, -0.2) is 28.6 Å². The Morgan fingerprint density at radius 2 is 1.95 bits per heavy atom. The fourth-order valence-electron chi connectivity index (χ4n) is 1.78. The Morgan fingerprint density at radius 1 is 1.23 bits per heavy atom. The molecule has 116 valence electrons. The molecule has 0 atom stereocenters. The number of aromatic nitrogens is 2. The number of nitrogens with one attached hydrogen (secondary N) is 1. The molecule has 0 radical (unpaired) electrons. The zero-order valence-corrected chi connectivity index (χ0v) is 12.5. The van der Waals surface area contributed by atoms with Crippen LogP contribution >= 0.6 is 0 Å². The molecule has 0 saturated heterocycles. The van der Waals surface area contributed by atoms with E-state index in [1.807, 2.05) is 0 Å². The van der Waals surface area contributed by atoms with Crippen molar-refractivity contribution in [3.05, 3.63) is 30.1 Å².